The molecule has 0 aliphatic carbocycles. The third-order valence-corrected chi connectivity index (χ3v) is 7.66. The zero-order valence-corrected chi connectivity index (χ0v) is 24.3. The van der Waals surface area contributed by atoms with E-state index in [0.29, 0.717) is 0 Å². The van der Waals surface area contributed by atoms with E-state index in [0.717, 1.165) is 37.4 Å². The van der Waals surface area contributed by atoms with E-state index < -0.39 is 23.8 Å². The standard InChI is InChI=1S/C29H39N7O5/c1-18(2)28(39)35-17-23(20-7-6-8-21(15-20)34-13-11-33(4)12-14-34)36(16-19(35)3)29(40)26(38)31-24-10-9-22(25(30)37)27(32-24)41-5/h6-10,15,18-19,23H,11-14,16-17H2,1-5H3,(H2,30,37)(H,31,32,38)/t19-,23-/m1/s1. The van der Waals surface area contributed by atoms with Crippen molar-refractivity contribution in [2.45, 2.75) is 32.9 Å². The first-order valence-electron chi connectivity index (χ1n) is 13.8. The van der Waals surface area contributed by atoms with Crippen LogP contribution in [0.5, 0.6) is 5.88 Å². The van der Waals surface area contributed by atoms with Crippen molar-refractivity contribution in [3.05, 3.63) is 47.5 Å². The van der Waals surface area contributed by atoms with Crippen LogP contribution in [0.15, 0.2) is 36.4 Å². The van der Waals surface area contributed by atoms with E-state index in [2.05, 4.69) is 33.2 Å². The zero-order chi connectivity index (χ0) is 29.8. The van der Waals surface area contributed by atoms with E-state index in [9.17, 15) is 19.2 Å². The van der Waals surface area contributed by atoms with Crippen LogP contribution in [0.1, 0.15) is 42.7 Å². The lowest BCUT2D eigenvalue weighted by Crippen LogP contribution is -2.59. The van der Waals surface area contributed by atoms with Gasteiger partial charge in [0.2, 0.25) is 11.8 Å². The van der Waals surface area contributed by atoms with E-state index >= 15 is 0 Å². The van der Waals surface area contributed by atoms with Crippen molar-refractivity contribution in [2.24, 2.45) is 11.7 Å². The van der Waals surface area contributed by atoms with Crippen molar-refractivity contribution in [1.29, 1.82) is 0 Å². The number of pyridine rings is 1. The maximum absolute atomic E-state index is 13.7. The monoisotopic (exact) mass is 565 g/mol. The number of nitrogens with one attached hydrogen (secondary N) is 1. The molecular weight excluding hydrogens is 526 g/mol. The Morgan fingerprint density at radius 3 is 2.37 bits per heavy atom. The number of benzene rings is 1. The molecule has 4 rings (SSSR count). The summed E-state index contributed by atoms with van der Waals surface area (Å²) in [6.45, 7) is 9.71. The number of ether oxygens (including phenoxy) is 1. The zero-order valence-electron chi connectivity index (χ0n) is 24.3. The molecule has 41 heavy (non-hydrogen) atoms. The summed E-state index contributed by atoms with van der Waals surface area (Å²) in [4.78, 5) is 63.6. The first kappa shape index (κ1) is 29.8. The number of piperazine rings is 2. The Balaban J connectivity index is 1.62. The molecule has 0 saturated carbocycles. The number of hydrogen-bond acceptors (Lipinski definition) is 8. The summed E-state index contributed by atoms with van der Waals surface area (Å²) in [5.74, 6) is -2.58. The van der Waals surface area contributed by atoms with E-state index in [1.165, 1.54) is 24.1 Å². The molecule has 2 fully saturated rings. The molecule has 2 saturated heterocycles. The largest absolute Gasteiger partial charge is 0.480 e. The second-order valence-electron chi connectivity index (χ2n) is 10.9. The van der Waals surface area contributed by atoms with Crippen molar-refractivity contribution in [3.63, 3.8) is 0 Å². The topological polar surface area (TPSA) is 141 Å². The second kappa shape index (κ2) is 12.5. The fraction of sp³-hybridized carbons (Fsp3) is 0.483. The number of carbonyl (C=O) groups is 4. The normalized spacial score (nSPS) is 19.7. The van der Waals surface area contributed by atoms with Gasteiger partial charge < -0.3 is 35.4 Å². The number of rotatable bonds is 6. The molecule has 0 spiro atoms. The molecule has 0 unspecified atom stereocenters. The molecule has 1 aromatic heterocycles. The molecular formula is C29H39N7O5. The summed E-state index contributed by atoms with van der Waals surface area (Å²) in [6, 6.07) is 9.93. The van der Waals surface area contributed by atoms with Gasteiger partial charge in [-0.15, -0.1) is 0 Å². The minimum Gasteiger partial charge on any atom is -0.480 e. The molecule has 4 amide bonds. The lowest BCUT2D eigenvalue weighted by Gasteiger charge is -2.46. The maximum Gasteiger partial charge on any atom is 0.315 e. The molecule has 0 bridgehead atoms. The molecule has 1 aromatic carbocycles. The summed E-state index contributed by atoms with van der Waals surface area (Å²) in [5, 5.41) is 2.52. The van der Waals surface area contributed by atoms with Crippen LogP contribution in [-0.4, -0.2) is 103 Å². The summed E-state index contributed by atoms with van der Waals surface area (Å²) >= 11 is 0. The highest BCUT2D eigenvalue weighted by Gasteiger charge is 2.40. The number of aromatic nitrogens is 1. The Kier molecular flexibility index (Phi) is 9.11. The van der Waals surface area contributed by atoms with Crippen LogP contribution in [0.4, 0.5) is 11.5 Å². The van der Waals surface area contributed by atoms with Crippen LogP contribution in [0, 0.1) is 5.92 Å². The lowest BCUT2D eigenvalue weighted by atomic mass is 9.97. The number of amides is 4. The highest BCUT2D eigenvalue weighted by molar-refractivity contribution is 6.39. The number of anilines is 2. The van der Waals surface area contributed by atoms with Crippen molar-refractivity contribution in [1.82, 2.24) is 19.7 Å². The number of likely N-dealkylation sites (N-methyl/N-ethyl adjacent to an activating group) is 1. The fourth-order valence-electron chi connectivity index (χ4n) is 5.27. The highest BCUT2D eigenvalue weighted by atomic mass is 16.5. The minimum atomic E-state index is -0.887. The van der Waals surface area contributed by atoms with Gasteiger partial charge in [0.25, 0.3) is 5.91 Å². The Labute approximate surface area is 240 Å². The van der Waals surface area contributed by atoms with E-state index in [4.69, 9.17) is 10.5 Å². The lowest BCUT2D eigenvalue weighted by molar-refractivity contribution is -0.152. The van der Waals surface area contributed by atoms with Crippen LogP contribution >= 0.6 is 0 Å². The van der Waals surface area contributed by atoms with Crippen LogP contribution in [0.3, 0.4) is 0 Å². The van der Waals surface area contributed by atoms with Crippen molar-refractivity contribution in [3.8, 4) is 5.88 Å². The van der Waals surface area contributed by atoms with Crippen LogP contribution in [0.25, 0.3) is 0 Å². The molecule has 12 nitrogen and oxygen atoms in total. The van der Waals surface area contributed by atoms with E-state index in [1.54, 1.807) is 4.90 Å². The summed E-state index contributed by atoms with van der Waals surface area (Å²) in [6.07, 6.45) is 0. The summed E-state index contributed by atoms with van der Waals surface area (Å²) < 4.78 is 5.11. The number of carbonyl (C=O) groups excluding carboxylic acids is 4. The quantitative estimate of drug-likeness (QED) is 0.500. The molecule has 2 aliphatic heterocycles. The summed E-state index contributed by atoms with van der Waals surface area (Å²) in [5.41, 5.74) is 7.29. The molecule has 2 aliphatic rings. The van der Waals surface area contributed by atoms with Crippen LogP contribution < -0.4 is 20.7 Å². The van der Waals surface area contributed by atoms with E-state index in [1.807, 2.05) is 39.0 Å². The predicted molar refractivity (Wildman–Crippen MR) is 155 cm³/mol. The number of nitrogens with two attached hydrogens (primary N) is 1. The number of nitrogens with zero attached hydrogens (tertiary/aromatic N) is 5. The Hall–Kier alpha value is -4.19. The van der Waals surface area contributed by atoms with Crippen molar-refractivity contribution in [2.75, 3.05) is 63.6 Å². The first-order valence-corrected chi connectivity index (χ1v) is 13.8. The van der Waals surface area contributed by atoms with Gasteiger partial charge >= 0.3 is 11.8 Å². The van der Waals surface area contributed by atoms with Crippen LogP contribution in [-0.2, 0) is 14.4 Å². The van der Waals surface area contributed by atoms with Gasteiger partial charge in [-0.1, -0.05) is 26.0 Å². The maximum atomic E-state index is 13.7. The number of primary amides is 1. The molecule has 3 N–H and O–H groups in total. The highest BCUT2D eigenvalue weighted by Crippen LogP contribution is 2.32. The van der Waals surface area contributed by atoms with Gasteiger partial charge in [0.1, 0.15) is 11.4 Å². The van der Waals surface area contributed by atoms with Gasteiger partial charge in [-0.05, 0) is 43.8 Å². The van der Waals surface area contributed by atoms with Gasteiger partial charge in [0, 0.05) is 56.9 Å². The summed E-state index contributed by atoms with van der Waals surface area (Å²) in [7, 11) is 3.43. The van der Waals surface area contributed by atoms with Gasteiger partial charge in [-0.25, -0.2) is 0 Å². The average Bonchev–Trinajstić information content (AvgIpc) is 2.96. The Morgan fingerprint density at radius 1 is 1.02 bits per heavy atom. The molecule has 0 radical (unpaired) electrons. The van der Waals surface area contributed by atoms with Crippen molar-refractivity contribution < 1.29 is 23.9 Å². The Morgan fingerprint density at radius 2 is 1.73 bits per heavy atom. The number of hydrogen-bond donors (Lipinski definition) is 2. The SMILES string of the molecule is COc1nc(NC(=O)C(=O)N2C[C@@H](C)N(C(=O)C(C)C)C[C@@H]2c2cccc(N3CCN(C)CC3)c2)ccc1C(N)=O. The first-order chi connectivity index (χ1) is 19.5. The Bertz CT molecular complexity index is 1310. The molecule has 2 aromatic rings. The predicted octanol–water partition coefficient (Wildman–Crippen LogP) is 1.34. The second-order valence-corrected chi connectivity index (χ2v) is 10.9. The van der Waals surface area contributed by atoms with Crippen LogP contribution in [0.2, 0.25) is 0 Å². The molecule has 3 heterocycles. The average molecular weight is 566 g/mol. The van der Waals surface area contributed by atoms with Gasteiger partial charge in [-0.2, -0.15) is 4.98 Å². The third-order valence-electron chi connectivity index (χ3n) is 7.66. The molecule has 220 valence electrons. The molecule has 2 atom stereocenters. The van der Waals surface area contributed by atoms with Gasteiger partial charge in [-0.3, -0.25) is 19.2 Å². The third kappa shape index (κ3) is 6.59. The van der Waals surface area contributed by atoms with E-state index in [-0.39, 0.29) is 48.2 Å². The fourth-order valence-corrected chi connectivity index (χ4v) is 5.27. The van der Waals surface area contributed by atoms with Gasteiger partial charge in [0.15, 0.2) is 0 Å². The number of methoxy groups -OCH3 is 1. The minimum absolute atomic E-state index is 0.000100. The smallest absolute Gasteiger partial charge is 0.315 e. The molecule has 12 heteroatoms. The van der Waals surface area contributed by atoms with Crippen molar-refractivity contribution >= 4 is 35.1 Å². The van der Waals surface area contributed by atoms with Gasteiger partial charge in [0.05, 0.1) is 13.2 Å².